The number of ether oxygens (including phenoxy) is 2. The van der Waals surface area contributed by atoms with Crippen molar-refractivity contribution in [2.75, 3.05) is 14.2 Å². The summed E-state index contributed by atoms with van der Waals surface area (Å²) in [4.78, 5) is 8.78. The largest absolute Gasteiger partial charge is 0.542 e. The summed E-state index contributed by atoms with van der Waals surface area (Å²) in [6.45, 7) is 0. The summed E-state index contributed by atoms with van der Waals surface area (Å²) in [5.74, 6) is -1.19. The first-order chi connectivity index (χ1) is 11.3. The van der Waals surface area contributed by atoms with Gasteiger partial charge in [-0.2, -0.15) is 13.2 Å². The maximum atomic E-state index is 10.5. The molecule has 0 N–H and O–H groups in total. The molecule has 0 unspecified atom stereocenters. The Morgan fingerprint density at radius 2 is 1.17 bits per heavy atom. The van der Waals surface area contributed by atoms with Gasteiger partial charge >= 0.3 is 27.4 Å². The van der Waals surface area contributed by atoms with Crippen LogP contribution in [-0.2, 0) is 4.79 Å². The smallest absolute Gasteiger partial charge is 0.430 e. The number of hydrogen-bond donors (Lipinski definition) is 0. The van der Waals surface area contributed by atoms with E-state index in [4.69, 9.17) is 19.4 Å². The normalized spacial score (nSPS) is 10.4. The van der Waals surface area contributed by atoms with Crippen molar-refractivity contribution < 1.29 is 53.8 Å². The monoisotopic (exact) mass is 454 g/mol. The Hall–Kier alpha value is -1.97. The van der Waals surface area contributed by atoms with Crippen molar-refractivity contribution in [3.05, 3.63) is 55.7 Å². The number of carbonyl (C=O) groups is 1. The number of halogens is 4. The van der Waals surface area contributed by atoms with E-state index in [0.29, 0.717) is 0 Å². The number of hydrogen-bond acceptors (Lipinski definition) is 4. The lowest BCUT2D eigenvalue weighted by Gasteiger charge is -2.03. The molecule has 0 spiro atoms. The third-order valence-corrected chi connectivity index (χ3v) is 5.23. The standard InChI is InChI=1S/C14H14IO2.C2HF3O2/c1-16-13-7-3-11(4-8-13)15-12-5-9-14(17-2)10-6-12;3-2(4,5)1(6)7/h3-10H,1-2H3;(H,6,7)/q+1;/p-1. The fourth-order valence-electron chi connectivity index (χ4n) is 1.39. The molecule has 2 aromatic rings. The van der Waals surface area contributed by atoms with Crippen LogP contribution in [0.5, 0.6) is 11.5 Å². The van der Waals surface area contributed by atoms with E-state index >= 15 is 0 Å². The molecule has 8 heteroatoms. The first-order valence-corrected chi connectivity index (χ1v) is 8.63. The summed E-state index contributed by atoms with van der Waals surface area (Å²) in [5.41, 5.74) is 0. The van der Waals surface area contributed by atoms with E-state index in [9.17, 15) is 13.2 Å². The Morgan fingerprint density at radius 3 is 1.38 bits per heavy atom. The van der Waals surface area contributed by atoms with Gasteiger partial charge in [-0.05, 0) is 48.5 Å². The van der Waals surface area contributed by atoms with Crippen molar-refractivity contribution >= 4 is 5.97 Å². The molecule has 0 aliphatic rings. The molecule has 0 radical (unpaired) electrons. The molecule has 130 valence electrons. The number of methoxy groups -OCH3 is 2. The van der Waals surface area contributed by atoms with Crippen molar-refractivity contribution in [3.63, 3.8) is 0 Å². The van der Waals surface area contributed by atoms with E-state index in [1.165, 1.54) is 7.14 Å². The van der Waals surface area contributed by atoms with E-state index in [1.807, 2.05) is 24.3 Å². The Labute approximate surface area is 147 Å². The van der Waals surface area contributed by atoms with Crippen molar-refractivity contribution in [3.8, 4) is 11.5 Å². The number of carboxylic acid groups (broad SMARTS) is 1. The topological polar surface area (TPSA) is 58.6 Å². The molecule has 0 aliphatic heterocycles. The van der Waals surface area contributed by atoms with Crippen LogP contribution < -0.4 is 35.8 Å². The molecule has 24 heavy (non-hydrogen) atoms. The summed E-state index contributed by atoms with van der Waals surface area (Å²) < 4.78 is 44.6. The maximum absolute atomic E-state index is 10.5. The molecule has 0 saturated carbocycles. The zero-order chi connectivity index (χ0) is 18.2. The minimum absolute atomic E-state index is 0.119. The Balaban J connectivity index is 0.000000351. The van der Waals surface area contributed by atoms with Crippen molar-refractivity contribution in [2.24, 2.45) is 0 Å². The van der Waals surface area contributed by atoms with Crippen LogP contribution >= 0.6 is 0 Å². The molecule has 0 aliphatic carbocycles. The van der Waals surface area contributed by atoms with Crippen LogP contribution in [0.25, 0.3) is 0 Å². The van der Waals surface area contributed by atoms with Gasteiger partial charge in [-0.1, -0.05) is 0 Å². The lowest BCUT2D eigenvalue weighted by atomic mass is 10.3. The second-order valence-electron chi connectivity index (χ2n) is 4.20. The molecule has 0 saturated heterocycles. The summed E-state index contributed by atoms with van der Waals surface area (Å²) in [6, 6.07) is 16.6. The molecule has 0 amide bonds. The van der Waals surface area contributed by atoms with Crippen LogP contribution in [-0.4, -0.2) is 26.4 Å². The Morgan fingerprint density at radius 1 is 0.875 bits per heavy atom. The van der Waals surface area contributed by atoms with E-state index in [-0.39, 0.29) is 21.2 Å². The molecule has 0 fully saturated rings. The fraction of sp³-hybridized carbons (Fsp3) is 0.188. The van der Waals surface area contributed by atoms with Gasteiger partial charge in [0.05, 0.1) is 14.2 Å². The van der Waals surface area contributed by atoms with Crippen LogP contribution in [0.2, 0.25) is 0 Å². The summed E-state index contributed by atoms with van der Waals surface area (Å²) in [7, 11) is 3.38. The number of benzene rings is 2. The van der Waals surface area contributed by atoms with Gasteiger partial charge in [0.2, 0.25) is 0 Å². The molecule has 0 heterocycles. The quantitative estimate of drug-likeness (QED) is 0.565. The van der Waals surface area contributed by atoms with Crippen LogP contribution in [0.15, 0.2) is 48.5 Å². The third-order valence-electron chi connectivity index (χ3n) is 2.55. The number of aliphatic carboxylic acids is 1. The van der Waals surface area contributed by atoms with Crippen LogP contribution in [0.3, 0.4) is 0 Å². The lowest BCUT2D eigenvalue weighted by molar-refractivity contribution is -0.597. The SMILES string of the molecule is COc1ccc([I+]c2ccc(OC)cc2)cc1.O=C([O-])C(F)(F)F. The summed E-state index contributed by atoms with van der Waals surface area (Å²) >= 11 is -0.119. The minimum Gasteiger partial charge on any atom is -0.542 e. The lowest BCUT2D eigenvalue weighted by Crippen LogP contribution is -3.61. The number of alkyl halides is 3. The summed E-state index contributed by atoms with van der Waals surface area (Å²) in [5, 5.41) is 8.78. The van der Waals surface area contributed by atoms with Crippen molar-refractivity contribution in [1.29, 1.82) is 0 Å². The number of rotatable bonds is 4. The zero-order valence-corrected chi connectivity index (χ0v) is 14.9. The van der Waals surface area contributed by atoms with E-state index < -0.39 is 12.1 Å². The van der Waals surface area contributed by atoms with Gasteiger partial charge in [-0.15, -0.1) is 0 Å². The van der Waals surface area contributed by atoms with Gasteiger partial charge in [0, 0.05) is 0 Å². The Kier molecular flexibility index (Phi) is 7.83. The van der Waals surface area contributed by atoms with Crippen molar-refractivity contribution in [2.45, 2.75) is 6.18 Å². The average Bonchev–Trinajstić information content (AvgIpc) is 2.56. The molecule has 0 atom stereocenters. The maximum Gasteiger partial charge on any atom is 0.430 e. The molecule has 0 bridgehead atoms. The minimum atomic E-state index is -5.19. The van der Waals surface area contributed by atoms with E-state index in [0.717, 1.165) is 11.5 Å². The second kappa shape index (κ2) is 9.36. The average molecular weight is 454 g/mol. The van der Waals surface area contributed by atoms with Crippen molar-refractivity contribution in [1.82, 2.24) is 0 Å². The predicted molar refractivity (Wildman–Crippen MR) is 74.4 cm³/mol. The predicted octanol–water partition coefficient (Wildman–Crippen LogP) is -0.869. The van der Waals surface area contributed by atoms with Gasteiger partial charge in [0.1, 0.15) is 17.5 Å². The van der Waals surface area contributed by atoms with Gasteiger partial charge in [-0.3, -0.25) is 0 Å². The first-order valence-electron chi connectivity index (χ1n) is 6.47. The van der Waals surface area contributed by atoms with Crippen LogP contribution in [0, 0.1) is 7.14 Å². The first kappa shape index (κ1) is 20.1. The van der Waals surface area contributed by atoms with Gasteiger partial charge < -0.3 is 19.4 Å². The highest BCUT2D eigenvalue weighted by molar-refractivity contribution is 5.70. The highest BCUT2D eigenvalue weighted by Gasteiger charge is 2.28. The van der Waals surface area contributed by atoms with Crippen LogP contribution in [0.4, 0.5) is 13.2 Å². The molecule has 2 rings (SSSR count). The highest BCUT2D eigenvalue weighted by atomic mass is 127. The van der Waals surface area contributed by atoms with E-state index in [2.05, 4.69) is 24.3 Å². The molecule has 0 aromatic heterocycles. The molecular weight excluding hydrogens is 440 g/mol. The third kappa shape index (κ3) is 7.07. The van der Waals surface area contributed by atoms with E-state index in [1.54, 1.807) is 14.2 Å². The van der Waals surface area contributed by atoms with Crippen LogP contribution in [0.1, 0.15) is 0 Å². The van der Waals surface area contributed by atoms with Gasteiger partial charge in [-0.25, -0.2) is 0 Å². The van der Waals surface area contributed by atoms with Gasteiger partial charge in [0.15, 0.2) is 7.14 Å². The Bertz CT molecular complexity index is 594. The van der Waals surface area contributed by atoms with Gasteiger partial charge in [0.25, 0.3) is 0 Å². The number of carboxylic acids is 1. The molecule has 2 aromatic carbocycles. The molecular formula is C16H14F3IO4. The second-order valence-corrected chi connectivity index (χ2v) is 7.23. The highest BCUT2D eigenvalue weighted by Crippen LogP contribution is 2.11. The zero-order valence-electron chi connectivity index (χ0n) is 12.8. The molecule has 4 nitrogen and oxygen atoms in total. The summed E-state index contributed by atoms with van der Waals surface area (Å²) in [6.07, 6.45) is -5.19. The fourth-order valence-corrected chi connectivity index (χ4v) is 3.55. The number of carbonyl (C=O) groups excluding carboxylic acids is 1.